The summed E-state index contributed by atoms with van der Waals surface area (Å²) < 4.78 is 6.53. The van der Waals surface area contributed by atoms with Crippen LogP contribution in [0.2, 0.25) is 0 Å². The van der Waals surface area contributed by atoms with Gasteiger partial charge in [0.1, 0.15) is 0 Å². The number of esters is 1. The average Bonchev–Trinajstić information content (AvgIpc) is 3.07. The zero-order valence-electron chi connectivity index (χ0n) is 14.7. The molecule has 0 atom stereocenters. The van der Waals surface area contributed by atoms with Crippen molar-refractivity contribution in [1.29, 1.82) is 0 Å². The second-order valence-corrected chi connectivity index (χ2v) is 5.20. The van der Waals surface area contributed by atoms with Crippen LogP contribution in [0.15, 0.2) is 23.5 Å². The van der Waals surface area contributed by atoms with Crippen molar-refractivity contribution in [3.8, 4) is 0 Å². The van der Waals surface area contributed by atoms with E-state index in [1.165, 1.54) is 7.11 Å². The SMILES string of the molecule is CCNC(=NCCCn1cccn1)NCCCCCC(=O)OC.I. The van der Waals surface area contributed by atoms with E-state index >= 15 is 0 Å². The molecule has 0 bridgehead atoms. The van der Waals surface area contributed by atoms with Gasteiger partial charge in [-0.25, -0.2) is 0 Å². The number of aliphatic imine (C=N–C) groups is 1. The van der Waals surface area contributed by atoms with Gasteiger partial charge in [-0.05, 0) is 32.3 Å². The van der Waals surface area contributed by atoms with E-state index in [9.17, 15) is 4.79 Å². The van der Waals surface area contributed by atoms with E-state index in [0.717, 1.165) is 57.8 Å². The van der Waals surface area contributed by atoms with Crippen molar-refractivity contribution in [2.75, 3.05) is 26.7 Å². The van der Waals surface area contributed by atoms with Crippen LogP contribution in [0, 0.1) is 0 Å². The summed E-state index contributed by atoms with van der Waals surface area (Å²) in [5.74, 6) is 0.714. The van der Waals surface area contributed by atoms with Gasteiger partial charge in [0.2, 0.25) is 0 Å². The monoisotopic (exact) mass is 451 g/mol. The fourth-order valence-electron chi connectivity index (χ4n) is 2.08. The third-order valence-electron chi connectivity index (χ3n) is 3.30. The molecule has 0 amide bonds. The Morgan fingerprint density at radius 2 is 2.08 bits per heavy atom. The predicted molar refractivity (Wildman–Crippen MR) is 107 cm³/mol. The van der Waals surface area contributed by atoms with Crippen molar-refractivity contribution in [1.82, 2.24) is 20.4 Å². The van der Waals surface area contributed by atoms with E-state index in [-0.39, 0.29) is 29.9 Å². The zero-order chi connectivity index (χ0) is 16.8. The molecule has 2 N–H and O–H groups in total. The van der Waals surface area contributed by atoms with E-state index < -0.39 is 0 Å². The summed E-state index contributed by atoms with van der Waals surface area (Å²) in [6.07, 6.45) is 8.08. The molecule has 0 saturated carbocycles. The van der Waals surface area contributed by atoms with Crippen molar-refractivity contribution in [3.05, 3.63) is 18.5 Å². The van der Waals surface area contributed by atoms with Gasteiger partial charge in [-0.3, -0.25) is 14.5 Å². The van der Waals surface area contributed by atoms with Gasteiger partial charge < -0.3 is 15.4 Å². The smallest absolute Gasteiger partial charge is 0.305 e. The minimum Gasteiger partial charge on any atom is -0.469 e. The number of guanidine groups is 1. The van der Waals surface area contributed by atoms with Gasteiger partial charge in [0, 0.05) is 45.0 Å². The number of unbranched alkanes of at least 4 members (excludes halogenated alkanes) is 2. The number of rotatable bonds is 11. The normalized spacial score (nSPS) is 10.8. The molecule has 0 aromatic carbocycles. The standard InChI is InChI=1S/C16H29N5O2.HI/c1-3-17-16(18-10-6-4-5-9-15(22)23-2)19-11-7-13-21-14-8-12-20-21;/h8,12,14H,3-7,9-11,13H2,1-2H3,(H2,17,18,19);1H. The Hall–Kier alpha value is -1.32. The summed E-state index contributed by atoms with van der Waals surface area (Å²) in [5, 5.41) is 10.7. The van der Waals surface area contributed by atoms with Gasteiger partial charge in [-0.15, -0.1) is 24.0 Å². The molecule has 0 aliphatic rings. The average molecular weight is 451 g/mol. The molecular weight excluding hydrogens is 421 g/mol. The topological polar surface area (TPSA) is 80.5 Å². The summed E-state index contributed by atoms with van der Waals surface area (Å²) in [5.41, 5.74) is 0. The first-order chi connectivity index (χ1) is 11.3. The van der Waals surface area contributed by atoms with Gasteiger partial charge in [0.05, 0.1) is 7.11 Å². The summed E-state index contributed by atoms with van der Waals surface area (Å²) >= 11 is 0. The lowest BCUT2D eigenvalue weighted by Gasteiger charge is -2.11. The third-order valence-corrected chi connectivity index (χ3v) is 3.30. The molecule has 8 heteroatoms. The molecule has 7 nitrogen and oxygen atoms in total. The molecule has 0 radical (unpaired) electrons. The molecule has 138 valence electrons. The van der Waals surface area contributed by atoms with E-state index in [1.807, 2.05) is 16.9 Å². The lowest BCUT2D eigenvalue weighted by atomic mass is 10.2. The number of aromatic nitrogens is 2. The highest BCUT2D eigenvalue weighted by Crippen LogP contribution is 2.00. The molecule has 1 heterocycles. The molecule has 0 aliphatic heterocycles. The number of nitrogens with zero attached hydrogens (tertiary/aromatic N) is 3. The fourth-order valence-corrected chi connectivity index (χ4v) is 2.08. The zero-order valence-corrected chi connectivity index (χ0v) is 17.0. The molecular formula is C16H30IN5O2. The lowest BCUT2D eigenvalue weighted by Crippen LogP contribution is -2.37. The van der Waals surface area contributed by atoms with E-state index in [2.05, 4.69) is 32.4 Å². The number of carbonyl (C=O) groups excluding carboxylic acids is 1. The molecule has 0 unspecified atom stereocenters. The minimum atomic E-state index is -0.134. The molecule has 0 fully saturated rings. The maximum absolute atomic E-state index is 11.0. The first-order valence-electron chi connectivity index (χ1n) is 8.32. The fraction of sp³-hybridized carbons (Fsp3) is 0.688. The Kier molecular flexibility index (Phi) is 14.4. The second-order valence-electron chi connectivity index (χ2n) is 5.20. The van der Waals surface area contributed by atoms with Crippen LogP contribution in [-0.2, 0) is 16.1 Å². The van der Waals surface area contributed by atoms with Gasteiger partial charge in [0.25, 0.3) is 0 Å². The van der Waals surface area contributed by atoms with E-state index in [4.69, 9.17) is 0 Å². The number of carbonyl (C=O) groups is 1. The van der Waals surface area contributed by atoms with Crippen LogP contribution in [0.3, 0.4) is 0 Å². The van der Waals surface area contributed by atoms with Crippen molar-refractivity contribution in [3.63, 3.8) is 0 Å². The van der Waals surface area contributed by atoms with Crippen molar-refractivity contribution in [2.45, 2.75) is 45.6 Å². The summed E-state index contributed by atoms with van der Waals surface area (Å²) in [4.78, 5) is 15.5. The number of nitrogens with one attached hydrogen (secondary N) is 2. The number of halogens is 1. The van der Waals surface area contributed by atoms with Gasteiger partial charge in [-0.1, -0.05) is 6.42 Å². The van der Waals surface area contributed by atoms with Crippen LogP contribution >= 0.6 is 24.0 Å². The summed E-state index contributed by atoms with van der Waals surface area (Å²) in [6, 6.07) is 1.93. The Morgan fingerprint density at radius 1 is 1.25 bits per heavy atom. The molecule has 0 spiro atoms. The highest BCUT2D eigenvalue weighted by molar-refractivity contribution is 14.0. The molecule has 1 aromatic heterocycles. The Labute approximate surface area is 161 Å². The molecule has 0 saturated heterocycles. The second kappa shape index (κ2) is 15.2. The maximum atomic E-state index is 11.0. The minimum absolute atomic E-state index is 0. The van der Waals surface area contributed by atoms with Crippen molar-refractivity contribution in [2.24, 2.45) is 4.99 Å². The summed E-state index contributed by atoms with van der Waals surface area (Å²) in [6.45, 7) is 5.39. The molecule has 24 heavy (non-hydrogen) atoms. The largest absolute Gasteiger partial charge is 0.469 e. The van der Waals surface area contributed by atoms with Crippen LogP contribution < -0.4 is 10.6 Å². The number of hydrogen-bond donors (Lipinski definition) is 2. The number of ether oxygens (including phenoxy) is 1. The van der Waals surface area contributed by atoms with Gasteiger partial charge in [0.15, 0.2) is 5.96 Å². The highest BCUT2D eigenvalue weighted by Gasteiger charge is 2.00. The third kappa shape index (κ3) is 11.3. The van der Waals surface area contributed by atoms with Crippen molar-refractivity contribution >= 4 is 35.9 Å². The number of methoxy groups -OCH3 is 1. The molecule has 1 aromatic rings. The van der Waals surface area contributed by atoms with Gasteiger partial charge >= 0.3 is 5.97 Å². The predicted octanol–water partition coefficient (Wildman–Crippen LogP) is 2.18. The number of aryl methyl sites for hydroxylation is 1. The van der Waals surface area contributed by atoms with Crippen LogP contribution in [0.5, 0.6) is 0 Å². The Morgan fingerprint density at radius 3 is 2.75 bits per heavy atom. The first-order valence-corrected chi connectivity index (χ1v) is 8.32. The van der Waals surface area contributed by atoms with Crippen LogP contribution in [-0.4, -0.2) is 48.5 Å². The van der Waals surface area contributed by atoms with E-state index in [0.29, 0.717) is 6.42 Å². The quantitative estimate of drug-likeness (QED) is 0.177. The molecule has 0 aliphatic carbocycles. The Balaban J connectivity index is 0.00000529. The van der Waals surface area contributed by atoms with Crippen molar-refractivity contribution < 1.29 is 9.53 Å². The molecule has 1 rings (SSSR count). The first kappa shape index (κ1) is 22.7. The van der Waals surface area contributed by atoms with Crippen LogP contribution in [0.1, 0.15) is 39.0 Å². The Bertz CT molecular complexity index is 451. The van der Waals surface area contributed by atoms with Crippen LogP contribution in [0.25, 0.3) is 0 Å². The summed E-state index contributed by atoms with van der Waals surface area (Å²) in [7, 11) is 1.43. The van der Waals surface area contributed by atoms with Crippen LogP contribution in [0.4, 0.5) is 0 Å². The van der Waals surface area contributed by atoms with E-state index in [1.54, 1.807) is 6.20 Å². The maximum Gasteiger partial charge on any atom is 0.305 e. The van der Waals surface area contributed by atoms with Gasteiger partial charge in [-0.2, -0.15) is 5.10 Å². The highest BCUT2D eigenvalue weighted by atomic mass is 127. The lowest BCUT2D eigenvalue weighted by molar-refractivity contribution is -0.140. The number of hydrogen-bond acceptors (Lipinski definition) is 4.